The maximum atomic E-state index is 13.0. The zero-order valence-corrected chi connectivity index (χ0v) is 17.1. The number of hydrogen-bond acceptors (Lipinski definition) is 5. The highest BCUT2D eigenvalue weighted by Gasteiger charge is 2.34. The number of aryl methyl sites for hydroxylation is 1. The summed E-state index contributed by atoms with van der Waals surface area (Å²) >= 11 is 0. The van der Waals surface area contributed by atoms with Gasteiger partial charge in [-0.2, -0.15) is 14.5 Å². The lowest BCUT2D eigenvalue weighted by Crippen LogP contribution is -2.38. The summed E-state index contributed by atoms with van der Waals surface area (Å²) in [5.41, 5.74) is 2.10. The maximum Gasteiger partial charge on any atom is 0.257 e. The van der Waals surface area contributed by atoms with E-state index < -0.39 is 10.0 Å². The van der Waals surface area contributed by atoms with E-state index in [1.165, 1.54) is 10.5 Å². The fraction of sp³-hybridized carbons (Fsp3) is 0.611. The SMILES string of the molecule is Cc1c(S(=O)(=O)N2CCC(c3[nH]ncc3C(=O)N3CCCC3)CC2)cnn1C. The molecular weight excluding hydrogens is 380 g/mol. The van der Waals surface area contributed by atoms with Gasteiger partial charge in [-0.25, -0.2) is 8.42 Å². The van der Waals surface area contributed by atoms with Crippen LogP contribution in [0.4, 0.5) is 0 Å². The molecule has 0 aliphatic carbocycles. The number of aromatic nitrogens is 4. The first kappa shape index (κ1) is 19.1. The fourth-order valence-corrected chi connectivity index (χ4v) is 5.78. The number of piperidine rings is 1. The molecule has 0 aromatic carbocycles. The highest BCUT2D eigenvalue weighted by atomic mass is 32.2. The largest absolute Gasteiger partial charge is 0.339 e. The lowest BCUT2D eigenvalue weighted by molar-refractivity contribution is 0.0790. The number of amides is 1. The van der Waals surface area contributed by atoms with Crippen LogP contribution < -0.4 is 0 Å². The zero-order valence-electron chi connectivity index (χ0n) is 16.3. The molecule has 0 saturated carbocycles. The maximum absolute atomic E-state index is 13.0. The van der Waals surface area contributed by atoms with E-state index in [4.69, 9.17) is 0 Å². The van der Waals surface area contributed by atoms with Crippen molar-refractivity contribution in [2.45, 2.75) is 43.4 Å². The lowest BCUT2D eigenvalue weighted by atomic mass is 9.92. The second-order valence-corrected chi connectivity index (χ2v) is 9.50. The van der Waals surface area contributed by atoms with E-state index in [9.17, 15) is 13.2 Å². The molecule has 2 saturated heterocycles. The molecule has 10 heteroatoms. The van der Waals surface area contributed by atoms with Crippen LogP contribution in [0.15, 0.2) is 17.3 Å². The monoisotopic (exact) mass is 406 g/mol. The van der Waals surface area contributed by atoms with Crippen molar-refractivity contribution in [3.05, 3.63) is 29.3 Å². The highest BCUT2D eigenvalue weighted by Crippen LogP contribution is 2.32. The second kappa shape index (κ2) is 7.32. The Labute approximate surface area is 164 Å². The summed E-state index contributed by atoms with van der Waals surface area (Å²) in [6.07, 6.45) is 6.42. The smallest absolute Gasteiger partial charge is 0.257 e. The molecule has 2 aliphatic heterocycles. The molecule has 4 rings (SSSR count). The predicted molar refractivity (Wildman–Crippen MR) is 102 cm³/mol. The Morgan fingerprint density at radius 2 is 1.82 bits per heavy atom. The molecule has 2 fully saturated rings. The fourth-order valence-electron chi connectivity index (χ4n) is 4.12. The van der Waals surface area contributed by atoms with Gasteiger partial charge in [-0.3, -0.25) is 14.6 Å². The van der Waals surface area contributed by atoms with Crippen LogP contribution in [-0.4, -0.2) is 69.7 Å². The van der Waals surface area contributed by atoms with Gasteiger partial charge in [0.05, 0.1) is 29.3 Å². The molecule has 0 spiro atoms. The first-order chi connectivity index (χ1) is 13.4. The van der Waals surface area contributed by atoms with Crippen molar-refractivity contribution < 1.29 is 13.2 Å². The first-order valence-electron chi connectivity index (χ1n) is 9.71. The topological polar surface area (TPSA) is 104 Å². The third kappa shape index (κ3) is 3.24. The average Bonchev–Trinajstić information content (AvgIpc) is 3.43. The minimum atomic E-state index is -3.55. The summed E-state index contributed by atoms with van der Waals surface area (Å²) in [4.78, 5) is 14.9. The Kier molecular flexibility index (Phi) is 5.00. The number of nitrogens with zero attached hydrogens (tertiary/aromatic N) is 5. The Balaban J connectivity index is 1.47. The minimum Gasteiger partial charge on any atom is -0.339 e. The molecule has 9 nitrogen and oxygen atoms in total. The molecule has 2 aromatic rings. The molecule has 4 heterocycles. The summed E-state index contributed by atoms with van der Waals surface area (Å²) < 4.78 is 29.0. The second-order valence-electron chi connectivity index (χ2n) is 7.59. The normalized spacial score (nSPS) is 19.4. The van der Waals surface area contributed by atoms with E-state index in [-0.39, 0.29) is 16.7 Å². The lowest BCUT2D eigenvalue weighted by Gasteiger charge is -2.31. The van der Waals surface area contributed by atoms with Crippen LogP contribution in [-0.2, 0) is 17.1 Å². The standard InChI is InChI=1S/C18H26N6O3S/c1-13-16(12-20-22(13)2)28(26,27)24-9-5-14(6-10-24)17-15(11-19-21-17)18(25)23-7-3-4-8-23/h11-12,14H,3-10H2,1-2H3,(H,19,21). The number of nitrogens with one attached hydrogen (secondary N) is 1. The van der Waals surface area contributed by atoms with Crippen LogP contribution in [0, 0.1) is 6.92 Å². The van der Waals surface area contributed by atoms with Crippen molar-refractivity contribution in [2.75, 3.05) is 26.2 Å². The van der Waals surface area contributed by atoms with Gasteiger partial charge in [0.1, 0.15) is 4.90 Å². The molecule has 1 amide bonds. The van der Waals surface area contributed by atoms with Crippen molar-refractivity contribution in [3.63, 3.8) is 0 Å². The first-order valence-corrected chi connectivity index (χ1v) is 11.1. The number of likely N-dealkylation sites (tertiary alicyclic amines) is 1. The molecular formula is C18H26N6O3S. The van der Waals surface area contributed by atoms with Crippen LogP contribution in [0.2, 0.25) is 0 Å². The Morgan fingerprint density at radius 3 is 2.43 bits per heavy atom. The van der Waals surface area contributed by atoms with Crippen molar-refractivity contribution in [1.82, 2.24) is 29.2 Å². The van der Waals surface area contributed by atoms with Crippen molar-refractivity contribution >= 4 is 15.9 Å². The van der Waals surface area contributed by atoms with Gasteiger partial charge in [-0.05, 0) is 32.6 Å². The van der Waals surface area contributed by atoms with Crippen molar-refractivity contribution in [2.24, 2.45) is 7.05 Å². The van der Waals surface area contributed by atoms with Gasteiger partial charge in [0.25, 0.3) is 5.91 Å². The van der Waals surface area contributed by atoms with Gasteiger partial charge in [0, 0.05) is 39.1 Å². The zero-order chi connectivity index (χ0) is 19.9. The highest BCUT2D eigenvalue weighted by molar-refractivity contribution is 7.89. The molecule has 28 heavy (non-hydrogen) atoms. The number of carbonyl (C=O) groups excluding carboxylic acids is 1. The predicted octanol–water partition coefficient (Wildman–Crippen LogP) is 1.26. The van der Waals surface area contributed by atoms with Crippen molar-refractivity contribution in [3.8, 4) is 0 Å². The van der Waals surface area contributed by atoms with Crippen molar-refractivity contribution in [1.29, 1.82) is 0 Å². The van der Waals surface area contributed by atoms with E-state index in [1.807, 2.05) is 4.90 Å². The van der Waals surface area contributed by atoms with Gasteiger partial charge < -0.3 is 4.90 Å². The summed E-state index contributed by atoms with van der Waals surface area (Å²) in [7, 11) is -1.82. The van der Waals surface area contributed by atoms with E-state index in [1.54, 1.807) is 24.9 Å². The minimum absolute atomic E-state index is 0.0299. The number of carbonyl (C=O) groups is 1. The summed E-state index contributed by atoms with van der Waals surface area (Å²) in [5, 5.41) is 11.2. The van der Waals surface area contributed by atoms with E-state index >= 15 is 0 Å². The summed E-state index contributed by atoms with van der Waals surface area (Å²) in [5.74, 6) is 0.132. The van der Waals surface area contributed by atoms with Crippen LogP contribution in [0.5, 0.6) is 0 Å². The van der Waals surface area contributed by atoms with Crippen LogP contribution in [0.3, 0.4) is 0 Å². The van der Waals surface area contributed by atoms with Crippen LogP contribution in [0.25, 0.3) is 0 Å². The molecule has 0 bridgehead atoms. The summed E-state index contributed by atoms with van der Waals surface area (Å²) in [6.45, 7) is 4.18. The molecule has 0 atom stereocenters. The number of hydrogen-bond donors (Lipinski definition) is 1. The molecule has 0 radical (unpaired) electrons. The number of aromatic amines is 1. The third-order valence-electron chi connectivity index (χ3n) is 5.96. The Hall–Kier alpha value is -2.20. The van der Waals surface area contributed by atoms with E-state index in [2.05, 4.69) is 15.3 Å². The number of rotatable bonds is 4. The van der Waals surface area contributed by atoms with Crippen LogP contribution in [0.1, 0.15) is 53.3 Å². The molecule has 152 valence electrons. The van der Waals surface area contributed by atoms with Gasteiger partial charge >= 0.3 is 0 Å². The Morgan fingerprint density at radius 1 is 1.14 bits per heavy atom. The Bertz CT molecular complexity index is 965. The number of H-pyrrole nitrogens is 1. The van der Waals surface area contributed by atoms with Gasteiger partial charge in [0.2, 0.25) is 10.0 Å². The molecule has 1 N–H and O–H groups in total. The molecule has 2 aromatic heterocycles. The van der Waals surface area contributed by atoms with Gasteiger partial charge in [-0.1, -0.05) is 0 Å². The quantitative estimate of drug-likeness (QED) is 0.823. The molecule has 0 unspecified atom stereocenters. The summed E-state index contributed by atoms with van der Waals surface area (Å²) in [6, 6.07) is 0. The van der Waals surface area contributed by atoms with E-state index in [0.29, 0.717) is 37.2 Å². The number of sulfonamides is 1. The van der Waals surface area contributed by atoms with Gasteiger partial charge in [-0.15, -0.1) is 0 Å². The van der Waals surface area contributed by atoms with Crippen LogP contribution >= 0.6 is 0 Å². The third-order valence-corrected chi connectivity index (χ3v) is 7.96. The molecule has 2 aliphatic rings. The average molecular weight is 407 g/mol. The van der Waals surface area contributed by atoms with Gasteiger partial charge in [0.15, 0.2) is 0 Å². The van der Waals surface area contributed by atoms with E-state index in [0.717, 1.165) is 31.6 Å².